The Bertz CT molecular complexity index is 653. The summed E-state index contributed by atoms with van der Waals surface area (Å²) in [6, 6.07) is 14.1. The first-order chi connectivity index (χ1) is 10.1. The quantitative estimate of drug-likeness (QED) is 0.839. The Balaban J connectivity index is 1.97. The van der Waals surface area contributed by atoms with Gasteiger partial charge in [0, 0.05) is 18.2 Å². The Hall–Kier alpha value is -2.14. The van der Waals surface area contributed by atoms with Gasteiger partial charge in [-0.15, -0.1) is 0 Å². The number of halogens is 1. The number of nitrogens with one attached hydrogen (secondary N) is 1. The molecule has 0 aliphatic carbocycles. The average molecular weight is 348 g/mol. The topological polar surface area (TPSA) is 55.4 Å². The second kappa shape index (κ2) is 7.04. The first-order valence-corrected chi connectivity index (χ1v) is 7.14. The molecule has 2 aromatic carbocycles. The molecule has 0 radical (unpaired) electrons. The number of carbonyl (C=O) groups is 2. The number of carbonyl (C=O) groups excluding carboxylic acids is 2. The number of anilines is 1. The summed E-state index contributed by atoms with van der Waals surface area (Å²) in [7, 11) is 0. The van der Waals surface area contributed by atoms with Gasteiger partial charge in [0.25, 0.3) is 0 Å². The molecular formula is C16H14BrNO3. The zero-order chi connectivity index (χ0) is 15.2. The van der Waals surface area contributed by atoms with Crippen LogP contribution < -0.4 is 10.1 Å². The Morgan fingerprint density at radius 2 is 1.76 bits per heavy atom. The molecule has 21 heavy (non-hydrogen) atoms. The zero-order valence-electron chi connectivity index (χ0n) is 11.4. The Morgan fingerprint density at radius 3 is 2.38 bits per heavy atom. The lowest BCUT2D eigenvalue weighted by Gasteiger charge is -2.08. The molecule has 1 N–H and O–H groups in total. The number of ketones is 1. The number of amides is 1. The first-order valence-electron chi connectivity index (χ1n) is 6.34. The molecule has 1 amide bonds. The van der Waals surface area contributed by atoms with E-state index in [2.05, 4.69) is 21.2 Å². The minimum atomic E-state index is -0.147. The average Bonchev–Trinajstić information content (AvgIpc) is 2.46. The molecule has 0 spiro atoms. The molecule has 2 rings (SSSR count). The summed E-state index contributed by atoms with van der Waals surface area (Å²) in [5.41, 5.74) is 1.20. The van der Waals surface area contributed by atoms with E-state index in [1.807, 2.05) is 18.2 Å². The van der Waals surface area contributed by atoms with Crippen LogP contribution >= 0.6 is 15.9 Å². The Kier molecular flexibility index (Phi) is 5.11. The van der Waals surface area contributed by atoms with Gasteiger partial charge >= 0.3 is 0 Å². The highest BCUT2D eigenvalue weighted by Crippen LogP contribution is 2.23. The molecular weight excluding hydrogens is 334 g/mol. The summed E-state index contributed by atoms with van der Waals surface area (Å²) < 4.78 is 6.29. The van der Waals surface area contributed by atoms with Gasteiger partial charge in [0.05, 0.1) is 4.47 Å². The van der Waals surface area contributed by atoms with E-state index < -0.39 is 0 Å². The molecule has 2 aromatic rings. The van der Waals surface area contributed by atoms with E-state index in [9.17, 15) is 9.59 Å². The molecule has 108 valence electrons. The maximum atomic E-state index is 12.0. The third-order valence-corrected chi connectivity index (χ3v) is 3.38. The van der Waals surface area contributed by atoms with Gasteiger partial charge in [-0.25, -0.2) is 0 Å². The van der Waals surface area contributed by atoms with Crippen LogP contribution in [0.4, 0.5) is 5.69 Å². The van der Waals surface area contributed by atoms with E-state index in [4.69, 9.17) is 4.74 Å². The number of hydrogen-bond acceptors (Lipinski definition) is 3. The highest BCUT2D eigenvalue weighted by molar-refractivity contribution is 9.10. The van der Waals surface area contributed by atoms with Crippen LogP contribution in [0.5, 0.6) is 5.75 Å². The van der Waals surface area contributed by atoms with Gasteiger partial charge in [0.1, 0.15) is 5.75 Å². The van der Waals surface area contributed by atoms with Gasteiger partial charge in [0.15, 0.2) is 12.4 Å². The van der Waals surface area contributed by atoms with E-state index >= 15 is 0 Å². The highest BCUT2D eigenvalue weighted by Gasteiger charge is 2.08. The third-order valence-electron chi connectivity index (χ3n) is 2.72. The van der Waals surface area contributed by atoms with E-state index in [1.54, 1.807) is 30.3 Å². The SMILES string of the molecule is CC(=O)Nc1ccc(C(=O)COc2ccccc2Br)cc1. The van der Waals surface area contributed by atoms with Crippen LogP contribution in [0, 0.1) is 0 Å². The molecule has 0 aromatic heterocycles. The molecule has 0 atom stereocenters. The van der Waals surface area contributed by atoms with Gasteiger partial charge in [-0.3, -0.25) is 9.59 Å². The smallest absolute Gasteiger partial charge is 0.221 e. The van der Waals surface area contributed by atoms with E-state index in [0.29, 0.717) is 17.0 Å². The summed E-state index contributed by atoms with van der Waals surface area (Å²) in [6.07, 6.45) is 0. The number of para-hydroxylation sites is 1. The molecule has 5 heteroatoms. The van der Waals surface area contributed by atoms with Crippen LogP contribution in [0.2, 0.25) is 0 Å². The van der Waals surface area contributed by atoms with Crippen molar-refractivity contribution in [1.82, 2.24) is 0 Å². The van der Waals surface area contributed by atoms with Crippen molar-refractivity contribution in [2.75, 3.05) is 11.9 Å². The summed E-state index contributed by atoms with van der Waals surface area (Å²) in [4.78, 5) is 23.0. The molecule has 0 unspecified atom stereocenters. The fourth-order valence-electron chi connectivity index (χ4n) is 1.73. The molecule has 0 heterocycles. The Morgan fingerprint density at radius 1 is 1.10 bits per heavy atom. The number of ether oxygens (including phenoxy) is 1. The summed E-state index contributed by atoms with van der Waals surface area (Å²) >= 11 is 3.36. The number of hydrogen-bond donors (Lipinski definition) is 1. The standard InChI is InChI=1S/C16H14BrNO3/c1-11(19)18-13-8-6-12(7-9-13)15(20)10-21-16-5-3-2-4-14(16)17/h2-9H,10H2,1H3,(H,18,19). The summed E-state index contributed by atoms with van der Waals surface area (Å²) in [5.74, 6) is 0.354. The van der Waals surface area contributed by atoms with Crippen LogP contribution in [0.25, 0.3) is 0 Å². The van der Waals surface area contributed by atoms with Crippen molar-refractivity contribution in [3.05, 3.63) is 58.6 Å². The van der Waals surface area contributed by atoms with E-state index in [-0.39, 0.29) is 18.3 Å². The molecule has 0 fully saturated rings. The van der Waals surface area contributed by atoms with Crippen molar-refractivity contribution < 1.29 is 14.3 Å². The van der Waals surface area contributed by atoms with Crippen LogP contribution in [-0.4, -0.2) is 18.3 Å². The van der Waals surface area contributed by atoms with Crippen molar-refractivity contribution in [2.24, 2.45) is 0 Å². The lowest BCUT2D eigenvalue weighted by molar-refractivity contribution is -0.114. The minimum Gasteiger partial charge on any atom is -0.484 e. The van der Waals surface area contributed by atoms with Crippen molar-refractivity contribution in [3.63, 3.8) is 0 Å². The van der Waals surface area contributed by atoms with Crippen LogP contribution in [0.15, 0.2) is 53.0 Å². The molecule has 0 aliphatic rings. The van der Waals surface area contributed by atoms with Crippen LogP contribution in [-0.2, 0) is 4.79 Å². The van der Waals surface area contributed by atoms with Crippen LogP contribution in [0.3, 0.4) is 0 Å². The van der Waals surface area contributed by atoms with Gasteiger partial charge in [-0.05, 0) is 52.3 Å². The second-order valence-electron chi connectivity index (χ2n) is 4.40. The van der Waals surface area contributed by atoms with Crippen molar-refractivity contribution in [3.8, 4) is 5.75 Å². The van der Waals surface area contributed by atoms with E-state index in [1.165, 1.54) is 6.92 Å². The first kappa shape index (κ1) is 15.3. The van der Waals surface area contributed by atoms with Gasteiger partial charge in [-0.1, -0.05) is 12.1 Å². The van der Waals surface area contributed by atoms with Crippen molar-refractivity contribution in [1.29, 1.82) is 0 Å². The maximum Gasteiger partial charge on any atom is 0.221 e. The van der Waals surface area contributed by atoms with Crippen molar-refractivity contribution >= 4 is 33.3 Å². The molecule has 0 aliphatic heterocycles. The van der Waals surface area contributed by atoms with Gasteiger partial charge in [-0.2, -0.15) is 0 Å². The molecule has 0 bridgehead atoms. The summed E-state index contributed by atoms with van der Waals surface area (Å²) in [5, 5.41) is 2.65. The highest BCUT2D eigenvalue weighted by atomic mass is 79.9. The zero-order valence-corrected chi connectivity index (χ0v) is 13.0. The van der Waals surface area contributed by atoms with E-state index in [0.717, 1.165) is 4.47 Å². The second-order valence-corrected chi connectivity index (χ2v) is 5.26. The number of Topliss-reactive ketones (excluding diaryl/α,β-unsaturated/α-hetero) is 1. The fourth-order valence-corrected chi connectivity index (χ4v) is 2.13. The van der Waals surface area contributed by atoms with Gasteiger partial charge in [0.2, 0.25) is 5.91 Å². The predicted molar refractivity (Wildman–Crippen MR) is 84.7 cm³/mol. The van der Waals surface area contributed by atoms with Gasteiger partial charge < -0.3 is 10.1 Å². The monoisotopic (exact) mass is 347 g/mol. The minimum absolute atomic E-state index is 0.0396. The maximum absolute atomic E-state index is 12.0. The lowest BCUT2D eigenvalue weighted by atomic mass is 10.1. The Labute approximate surface area is 131 Å². The number of rotatable bonds is 5. The predicted octanol–water partition coefficient (Wildman–Crippen LogP) is 3.67. The molecule has 4 nitrogen and oxygen atoms in total. The third kappa shape index (κ3) is 4.43. The van der Waals surface area contributed by atoms with Crippen LogP contribution in [0.1, 0.15) is 17.3 Å². The molecule has 0 saturated carbocycles. The lowest BCUT2D eigenvalue weighted by Crippen LogP contribution is -2.12. The van der Waals surface area contributed by atoms with Crippen molar-refractivity contribution in [2.45, 2.75) is 6.92 Å². The normalized spacial score (nSPS) is 10.0. The number of benzene rings is 2. The summed E-state index contributed by atoms with van der Waals surface area (Å²) in [6.45, 7) is 1.40. The molecule has 0 saturated heterocycles. The largest absolute Gasteiger partial charge is 0.484 e. The fraction of sp³-hybridized carbons (Fsp3) is 0.125.